The van der Waals surface area contributed by atoms with Crippen molar-refractivity contribution in [2.24, 2.45) is 0 Å². The Morgan fingerprint density at radius 1 is 1.26 bits per heavy atom. The fourth-order valence-electron chi connectivity index (χ4n) is 2.61. The summed E-state index contributed by atoms with van der Waals surface area (Å²) in [6.45, 7) is 3.11. The van der Waals surface area contributed by atoms with Crippen molar-refractivity contribution in [3.63, 3.8) is 0 Å². The zero-order valence-electron chi connectivity index (χ0n) is 11.2. The van der Waals surface area contributed by atoms with E-state index in [4.69, 9.17) is 0 Å². The van der Waals surface area contributed by atoms with Gasteiger partial charge in [-0.15, -0.1) is 0 Å². The second-order valence-electron chi connectivity index (χ2n) is 5.25. The van der Waals surface area contributed by atoms with Gasteiger partial charge in [-0.25, -0.2) is 13.1 Å². The van der Waals surface area contributed by atoms with Crippen LogP contribution in [-0.4, -0.2) is 57.2 Å². The summed E-state index contributed by atoms with van der Waals surface area (Å²) in [6.07, 6.45) is 4.22. The van der Waals surface area contributed by atoms with Crippen LogP contribution in [0.25, 0.3) is 0 Å². The molecular weight excluding hydrogens is 266 g/mol. The number of rotatable bonds is 5. The molecule has 0 bridgehead atoms. The Bertz CT molecular complexity index is 398. The van der Waals surface area contributed by atoms with Gasteiger partial charge >= 0.3 is 0 Å². The number of amides is 1. The van der Waals surface area contributed by atoms with Crippen molar-refractivity contribution in [3.05, 3.63) is 0 Å². The molecule has 19 heavy (non-hydrogen) atoms. The van der Waals surface area contributed by atoms with E-state index < -0.39 is 10.0 Å². The van der Waals surface area contributed by atoms with Crippen LogP contribution < -0.4 is 10.0 Å². The summed E-state index contributed by atoms with van der Waals surface area (Å²) in [5.41, 5.74) is 0. The second kappa shape index (κ2) is 6.67. The largest absolute Gasteiger partial charge is 0.343 e. The predicted octanol–water partition coefficient (Wildman–Crippen LogP) is -0.330. The first-order valence-corrected chi connectivity index (χ1v) is 8.61. The topological polar surface area (TPSA) is 78.5 Å². The Labute approximate surface area is 115 Å². The van der Waals surface area contributed by atoms with E-state index in [2.05, 4.69) is 10.0 Å². The van der Waals surface area contributed by atoms with Gasteiger partial charge in [-0.1, -0.05) is 0 Å². The number of piperidine rings is 1. The van der Waals surface area contributed by atoms with Crippen molar-refractivity contribution in [2.45, 2.75) is 37.4 Å². The van der Waals surface area contributed by atoms with Crippen LogP contribution in [0, 0.1) is 0 Å². The second-order valence-corrected chi connectivity index (χ2v) is 7.29. The zero-order valence-corrected chi connectivity index (χ0v) is 12.0. The van der Waals surface area contributed by atoms with Crippen LogP contribution in [0.3, 0.4) is 0 Å². The van der Waals surface area contributed by atoms with Crippen molar-refractivity contribution in [2.75, 3.05) is 32.7 Å². The third-order valence-electron chi connectivity index (χ3n) is 3.80. The highest BCUT2D eigenvalue weighted by Gasteiger charge is 2.28. The summed E-state index contributed by atoms with van der Waals surface area (Å²) in [5, 5.41) is 2.69. The lowest BCUT2D eigenvalue weighted by molar-refractivity contribution is -0.131. The van der Waals surface area contributed by atoms with E-state index >= 15 is 0 Å². The summed E-state index contributed by atoms with van der Waals surface area (Å²) < 4.78 is 26.4. The van der Waals surface area contributed by atoms with Crippen molar-refractivity contribution in [1.82, 2.24) is 14.9 Å². The van der Waals surface area contributed by atoms with Gasteiger partial charge in [0.15, 0.2) is 0 Å². The Kier molecular flexibility index (Phi) is 5.18. The standard InChI is InChI=1S/C12H23N3O3S/c16-12(15-8-2-1-3-9-15)5-7-14-19(17,18)11-4-6-13-10-11/h11,13-14H,1-10H2. The number of hydrogen-bond acceptors (Lipinski definition) is 4. The average Bonchev–Trinajstić information content (AvgIpc) is 2.94. The first kappa shape index (κ1) is 14.7. The normalized spacial score (nSPS) is 24.6. The highest BCUT2D eigenvalue weighted by atomic mass is 32.2. The van der Waals surface area contributed by atoms with Gasteiger partial charge < -0.3 is 10.2 Å². The van der Waals surface area contributed by atoms with Crippen molar-refractivity contribution in [3.8, 4) is 0 Å². The number of nitrogens with one attached hydrogen (secondary N) is 2. The van der Waals surface area contributed by atoms with Gasteiger partial charge in [0.1, 0.15) is 0 Å². The number of sulfonamides is 1. The molecule has 1 unspecified atom stereocenters. The molecule has 2 aliphatic heterocycles. The Morgan fingerprint density at radius 2 is 2.00 bits per heavy atom. The van der Waals surface area contributed by atoms with E-state index in [1.54, 1.807) is 0 Å². The monoisotopic (exact) mass is 289 g/mol. The Morgan fingerprint density at radius 3 is 2.63 bits per heavy atom. The Balaban J connectivity index is 1.71. The van der Waals surface area contributed by atoms with E-state index in [9.17, 15) is 13.2 Å². The minimum atomic E-state index is -3.27. The van der Waals surface area contributed by atoms with Crippen LogP contribution >= 0.6 is 0 Å². The maximum Gasteiger partial charge on any atom is 0.223 e. The van der Waals surface area contributed by atoms with Gasteiger partial charge in [-0.2, -0.15) is 0 Å². The van der Waals surface area contributed by atoms with Gasteiger partial charge in [-0.05, 0) is 32.2 Å². The summed E-state index contributed by atoms with van der Waals surface area (Å²) in [7, 11) is -3.27. The Hall–Kier alpha value is -0.660. The lowest BCUT2D eigenvalue weighted by atomic mass is 10.1. The van der Waals surface area contributed by atoms with Crippen molar-refractivity contribution in [1.29, 1.82) is 0 Å². The molecule has 6 nitrogen and oxygen atoms in total. The molecule has 110 valence electrons. The number of likely N-dealkylation sites (tertiary alicyclic amines) is 1. The molecule has 2 aliphatic rings. The van der Waals surface area contributed by atoms with Crippen molar-refractivity contribution >= 4 is 15.9 Å². The van der Waals surface area contributed by atoms with Gasteiger partial charge in [0.05, 0.1) is 5.25 Å². The average molecular weight is 289 g/mol. The molecule has 2 saturated heterocycles. The van der Waals surface area contributed by atoms with Crippen molar-refractivity contribution < 1.29 is 13.2 Å². The molecule has 0 saturated carbocycles. The van der Waals surface area contributed by atoms with E-state index in [0.29, 0.717) is 13.0 Å². The summed E-state index contributed by atoms with van der Waals surface area (Å²) >= 11 is 0. The molecule has 0 aliphatic carbocycles. The highest BCUT2D eigenvalue weighted by molar-refractivity contribution is 7.90. The predicted molar refractivity (Wildman–Crippen MR) is 73.2 cm³/mol. The van der Waals surface area contributed by atoms with Crippen LogP contribution in [0.2, 0.25) is 0 Å². The smallest absolute Gasteiger partial charge is 0.223 e. The van der Waals surface area contributed by atoms with Gasteiger partial charge in [0, 0.05) is 32.6 Å². The van der Waals surface area contributed by atoms with Crippen LogP contribution in [0.5, 0.6) is 0 Å². The van der Waals surface area contributed by atoms with Gasteiger partial charge in [-0.3, -0.25) is 4.79 Å². The molecule has 2 N–H and O–H groups in total. The number of carbonyl (C=O) groups is 1. The van der Waals surface area contributed by atoms with Gasteiger partial charge in [0.2, 0.25) is 15.9 Å². The quantitative estimate of drug-likeness (QED) is 0.726. The SMILES string of the molecule is O=C(CCNS(=O)(=O)C1CCNC1)N1CCCCC1. The third-order valence-corrected chi connectivity index (χ3v) is 5.69. The number of nitrogens with zero attached hydrogens (tertiary/aromatic N) is 1. The zero-order chi connectivity index (χ0) is 13.7. The molecule has 0 aromatic carbocycles. The van der Waals surface area contributed by atoms with Crippen LogP contribution in [-0.2, 0) is 14.8 Å². The lowest BCUT2D eigenvalue weighted by Gasteiger charge is -2.26. The molecule has 0 radical (unpaired) electrons. The fraction of sp³-hybridized carbons (Fsp3) is 0.917. The molecule has 2 heterocycles. The molecule has 0 spiro atoms. The van der Waals surface area contributed by atoms with Crippen LogP contribution in [0.1, 0.15) is 32.1 Å². The molecule has 7 heteroatoms. The summed E-state index contributed by atoms with van der Waals surface area (Å²) in [5.74, 6) is 0.0620. The molecular formula is C12H23N3O3S. The highest BCUT2D eigenvalue weighted by Crippen LogP contribution is 2.10. The molecule has 1 amide bonds. The lowest BCUT2D eigenvalue weighted by Crippen LogP contribution is -2.40. The first-order valence-electron chi connectivity index (χ1n) is 7.06. The first-order chi connectivity index (χ1) is 9.09. The fourth-order valence-corrected chi connectivity index (χ4v) is 4.00. The van der Waals surface area contributed by atoms with E-state index in [1.807, 2.05) is 4.90 Å². The van der Waals surface area contributed by atoms with E-state index in [-0.39, 0.29) is 24.1 Å². The summed E-state index contributed by atoms with van der Waals surface area (Å²) in [6, 6.07) is 0. The molecule has 2 rings (SSSR count). The molecule has 0 aromatic rings. The molecule has 1 atom stereocenters. The third kappa shape index (κ3) is 4.15. The molecule has 2 fully saturated rings. The maximum atomic E-state index is 11.9. The van der Waals surface area contributed by atoms with Gasteiger partial charge in [0.25, 0.3) is 0 Å². The minimum absolute atomic E-state index is 0.0620. The maximum absolute atomic E-state index is 11.9. The number of carbonyl (C=O) groups excluding carboxylic acids is 1. The minimum Gasteiger partial charge on any atom is -0.343 e. The number of hydrogen-bond donors (Lipinski definition) is 2. The van der Waals surface area contributed by atoms with Crippen LogP contribution in [0.15, 0.2) is 0 Å². The van der Waals surface area contributed by atoms with E-state index in [1.165, 1.54) is 6.42 Å². The van der Waals surface area contributed by atoms with E-state index in [0.717, 1.165) is 32.5 Å². The van der Waals surface area contributed by atoms with Crippen LogP contribution in [0.4, 0.5) is 0 Å². The molecule has 0 aromatic heterocycles. The summed E-state index contributed by atoms with van der Waals surface area (Å²) in [4.78, 5) is 13.7.